The molecule has 1 heterocycles. The fraction of sp³-hybridized carbons (Fsp3) is 0.389. The number of nitrogens with one attached hydrogen (secondary N) is 1. The third-order valence-electron chi connectivity index (χ3n) is 3.63. The Bertz CT molecular complexity index is 630. The fourth-order valence-corrected chi connectivity index (χ4v) is 2.31. The Morgan fingerprint density at radius 1 is 1.38 bits per heavy atom. The van der Waals surface area contributed by atoms with Gasteiger partial charge < -0.3 is 10.2 Å². The molecular weight excluding hydrogens is 300 g/mol. The normalized spacial score (nSPS) is 11.3. The summed E-state index contributed by atoms with van der Waals surface area (Å²) in [6.07, 6.45) is 7.27. The molecule has 6 heteroatoms. The number of allylic oxidation sites excluding steroid dienone is 1. The van der Waals surface area contributed by atoms with E-state index in [1.165, 1.54) is 6.33 Å². The molecule has 0 aliphatic carbocycles. The first kappa shape index (κ1) is 17.7. The van der Waals surface area contributed by atoms with Gasteiger partial charge in [-0.05, 0) is 37.5 Å². The number of hydrogen-bond donors (Lipinski definition) is 1. The van der Waals surface area contributed by atoms with E-state index >= 15 is 0 Å². The van der Waals surface area contributed by atoms with Crippen molar-refractivity contribution in [1.29, 1.82) is 0 Å². The number of hydrogen-bond acceptors (Lipinski definition) is 3. The highest BCUT2D eigenvalue weighted by Gasteiger charge is 2.05. The molecule has 2 aromatic rings. The van der Waals surface area contributed by atoms with E-state index in [0.717, 1.165) is 43.1 Å². The van der Waals surface area contributed by atoms with Crippen molar-refractivity contribution in [1.82, 2.24) is 25.0 Å². The van der Waals surface area contributed by atoms with Crippen LogP contribution in [0.4, 0.5) is 0 Å². The Morgan fingerprint density at radius 2 is 2.17 bits per heavy atom. The van der Waals surface area contributed by atoms with E-state index in [1.807, 2.05) is 18.2 Å². The quantitative estimate of drug-likeness (QED) is 0.351. The largest absolute Gasteiger partial charge is 0.357 e. The van der Waals surface area contributed by atoms with Gasteiger partial charge in [-0.2, -0.15) is 5.10 Å². The number of aliphatic imine (C=N–C) groups is 1. The SMILES string of the molecule is C=CCCCN(C)C(=NCc1ccc(-n2cncn2)cc1)NCC. The maximum absolute atomic E-state index is 4.73. The van der Waals surface area contributed by atoms with Crippen molar-refractivity contribution in [2.24, 2.45) is 4.99 Å². The molecule has 2 rings (SSSR count). The summed E-state index contributed by atoms with van der Waals surface area (Å²) >= 11 is 0. The zero-order valence-corrected chi connectivity index (χ0v) is 14.5. The monoisotopic (exact) mass is 326 g/mol. The summed E-state index contributed by atoms with van der Waals surface area (Å²) in [6.45, 7) is 8.31. The Hall–Kier alpha value is -2.63. The van der Waals surface area contributed by atoms with Crippen molar-refractivity contribution in [3.05, 3.63) is 55.1 Å². The molecule has 0 atom stereocenters. The third-order valence-corrected chi connectivity index (χ3v) is 3.63. The predicted molar refractivity (Wildman–Crippen MR) is 98.2 cm³/mol. The van der Waals surface area contributed by atoms with Crippen molar-refractivity contribution in [2.45, 2.75) is 26.3 Å². The summed E-state index contributed by atoms with van der Waals surface area (Å²) in [5, 5.41) is 7.47. The first-order valence-corrected chi connectivity index (χ1v) is 8.29. The molecule has 1 aromatic heterocycles. The second kappa shape index (κ2) is 9.50. The first-order valence-electron chi connectivity index (χ1n) is 8.29. The molecule has 128 valence electrons. The molecule has 0 saturated heterocycles. The summed E-state index contributed by atoms with van der Waals surface area (Å²) in [4.78, 5) is 10.9. The molecule has 0 spiro atoms. The minimum atomic E-state index is 0.645. The third kappa shape index (κ3) is 5.22. The van der Waals surface area contributed by atoms with E-state index in [9.17, 15) is 0 Å². The average Bonchev–Trinajstić information content (AvgIpc) is 3.14. The number of unbranched alkanes of at least 4 members (excludes halogenated alkanes) is 1. The number of rotatable bonds is 8. The van der Waals surface area contributed by atoms with Crippen LogP contribution in [0.1, 0.15) is 25.3 Å². The van der Waals surface area contributed by atoms with Crippen LogP contribution in [-0.4, -0.2) is 45.8 Å². The van der Waals surface area contributed by atoms with E-state index in [1.54, 1.807) is 11.0 Å². The Balaban J connectivity index is 1.98. The lowest BCUT2D eigenvalue weighted by Crippen LogP contribution is -2.39. The molecule has 1 aromatic carbocycles. The van der Waals surface area contributed by atoms with E-state index in [4.69, 9.17) is 4.99 Å². The lowest BCUT2D eigenvalue weighted by atomic mass is 10.2. The topological polar surface area (TPSA) is 58.3 Å². The van der Waals surface area contributed by atoms with Gasteiger partial charge in [0.2, 0.25) is 0 Å². The van der Waals surface area contributed by atoms with Crippen molar-refractivity contribution < 1.29 is 0 Å². The average molecular weight is 326 g/mol. The van der Waals surface area contributed by atoms with Crippen molar-refractivity contribution >= 4 is 5.96 Å². The molecule has 0 saturated carbocycles. The number of guanidine groups is 1. The van der Waals surface area contributed by atoms with Gasteiger partial charge in [0, 0.05) is 20.1 Å². The predicted octanol–water partition coefficient (Wildman–Crippen LogP) is 2.63. The van der Waals surface area contributed by atoms with Gasteiger partial charge in [-0.15, -0.1) is 6.58 Å². The Labute approximate surface area is 143 Å². The minimum Gasteiger partial charge on any atom is -0.357 e. The molecule has 6 nitrogen and oxygen atoms in total. The van der Waals surface area contributed by atoms with Crippen molar-refractivity contribution in [3.63, 3.8) is 0 Å². The first-order chi connectivity index (χ1) is 11.7. The van der Waals surface area contributed by atoms with Crippen molar-refractivity contribution in [2.75, 3.05) is 20.1 Å². The smallest absolute Gasteiger partial charge is 0.193 e. The van der Waals surface area contributed by atoms with Crippen LogP contribution >= 0.6 is 0 Å². The Kier molecular flexibility index (Phi) is 7.01. The van der Waals surface area contributed by atoms with Crippen LogP contribution in [0.3, 0.4) is 0 Å². The van der Waals surface area contributed by atoms with E-state index < -0.39 is 0 Å². The van der Waals surface area contributed by atoms with Crippen LogP contribution in [0, 0.1) is 0 Å². The molecule has 0 bridgehead atoms. The highest BCUT2D eigenvalue weighted by molar-refractivity contribution is 5.79. The summed E-state index contributed by atoms with van der Waals surface area (Å²) in [6, 6.07) is 8.20. The van der Waals surface area contributed by atoms with E-state index in [0.29, 0.717) is 6.54 Å². The van der Waals surface area contributed by atoms with Gasteiger partial charge in [0.1, 0.15) is 12.7 Å². The van der Waals surface area contributed by atoms with Gasteiger partial charge in [0.15, 0.2) is 5.96 Å². The molecule has 0 fully saturated rings. The summed E-state index contributed by atoms with van der Waals surface area (Å²) in [5.41, 5.74) is 2.16. The van der Waals surface area contributed by atoms with Crippen LogP contribution < -0.4 is 5.32 Å². The molecule has 24 heavy (non-hydrogen) atoms. The lowest BCUT2D eigenvalue weighted by molar-refractivity contribution is 0.470. The number of aromatic nitrogens is 3. The fourth-order valence-electron chi connectivity index (χ4n) is 2.31. The van der Waals surface area contributed by atoms with Gasteiger partial charge in [-0.1, -0.05) is 18.2 Å². The second-order valence-corrected chi connectivity index (χ2v) is 5.53. The summed E-state index contributed by atoms with van der Waals surface area (Å²) < 4.78 is 1.74. The van der Waals surface area contributed by atoms with Crippen LogP contribution in [0.25, 0.3) is 5.69 Å². The molecule has 0 radical (unpaired) electrons. The number of nitrogens with zero attached hydrogens (tertiary/aromatic N) is 5. The van der Waals surface area contributed by atoms with Gasteiger partial charge in [0.05, 0.1) is 12.2 Å². The van der Waals surface area contributed by atoms with Gasteiger partial charge in [-0.3, -0.25) is 0 Å². The van der Waals surface area contributed by atoms with Crippen LogP contribution in [0.5, 0.6) is 0 Å². The van der Waals surface area contributed by atoms with E-state index in [2.05, 4.69) is 53.0 Å². The van der Waals surface area contributed by atoms with Gasteiger partial charge in [0.25, 0.3) is 0 Å². The highest BCUT2D eigenvalue weighted by atomic mass is 15.3. The van der Waals surface area contributed by atoms with E-state index in [-0.39, 0.29) is 0 Å². The standard InChI is InChI=1S/C18H26N6/c1-4-6-7-12-23(3)18(20-5-2)21-13-16-8-10-17(11-9-16)24-15-19-14-22-24/h4,8-11,14-15H,1,5-7,12-13H2,2-3H3,(H,20,21). The Morgan fingerprint density at radius 3 is 2.79 bits per heavy atom. The molecule has 0 unspecified atom stereocenters. The maximum atomic E-state index is 4.73. The zero-order chi connectivity index (χ0) is 17.2. The van der Waals surface area contributed by atoms with Gasteiger partial charge in [-0.25, -0.2) is 14.7 Å². The molecule has 0 amide bonds. The van der Waals surface area contributed by atoms with Crippen LogP contribution in [-0.2, 0) is 6.54 Å². The maximum Gasteiger partial charge on any atom is 0.193 e. The zero-order valence-electron chi connectivity index (χ0n) is 14.5. The summed E-state index contributed by atoms with van der Waals surface area (Å²) in [5.74, 6) is 0.932. The summed E-state index contributed by atoms with van der Waals surface area (Å²) in [7, 11) is 2.07. The highest BCUT2D eigenvalue weighted by Crippen LogP contribution is 2.09. The molecular formula is C18H26N6. The number of benzene rings is 1. The molecule has 0 aliphatic rings. The lowest BCUT2D eigenvalue weighted by Gasteiger charge is -2.21. The minimum absolute atomic E-state index is 0.645. The second-order valence-electron chi connectivity index (χ2n) is 5.53. The van der Waals surface area contributed by atoms with Crippen LogP contribution in [0.15, 0.2) is 54.6 Å². The van der Waals surface area contributed by atoms with Crippen molar-refractivity contribution in [3.8, 4) is 5.69 Å². The molecule has 0 aliphatic heterocycles. The molecule has 1 N–H and O–H groups in total. The van der Waals surface area contributed by atoms with Crippen LogP contribution in [0.2, 0.25) is 0 Å². The van der Waals surface area contributed by atoms with Gasteiger partial charge >= 0.3 is 0 Å².